The van der Waals surface area contributed by atoms with Crippen LogP contribution in [0.5, 0.6) is 0 Å². The molecule has 5 nitrogen and oxygen atoms in total. The van der Waals surface area contributed by atoms with Gasteiger partial charge in [0.25, 0.3) is 0 Å². The van der Waals surface area contributed by atoms with E-state index in [0.717, 1.165) is 38.5 Å². The third-order valence-electron chi connectivity index (χ3n) is 6.79. The molecule has 0 aromatic rings. The van der Waals surface area contributed by atoms with Gasteiger partial charge in [0.1, 0.15) is 0 Å². The van der Waals surface area contributed by atoms with Gasteiger partial charge >= 0.3 is 5.97 Å². The molecule has 6 rings (SSSR count). The Bertz CT molecular complexity index is 515. The summed E-state index contributed by atoms with van der Waals surface area (Å²) in [5.74, 6) is 0.211. The van der Waals surface area contributed by atoms with Crippen molar-refractivity contribution in [3.05, 3.63) is 0 Å². The van der Waals surface area contributed by atoms with Gasteiger partial charge in [-0.05, 0) is 44.9 Å². The first kappa shape index (κ1) is 12.9. The SMILES string of the molecule is C[C@@H]1CC[C@H]2C3(CC3)C(=O)O[C@@H]3O[C@@]4(C)CC[C@@H]1[C@]32OO4. The minimum atomic E-state index is -0.786. The number of fused-ring (bicyclic) bond motifs is 3. The number of rotatable bonds is 0. The van der Waals surface area contributed by atoms with Crippen molar-refractivity contribution in [1.82, 2.24) is 0 Å². The lowest BCUT2D eigenvalue weighted by atomic mass is 9.57. The van der Waals surface area contributed by atoms with Crippen molar-refractivity contribution in [3.63, 3.8) is 0 Å². The van der Waals surface area contributed by atoms with Crippen LogP contribution in [0.15, 0.2) is 0 Å². The van der Waals surface area contributed by atoms with Crippen molar-refractivity contribution in [1.29, 1.82) is 0 Å². The molecule has 0 unspecified atom stereocenters. The molecule has 2 spiro atoms. The Hall–Kier alpha value is -0.650. The summed E-state index contributed by atoms with van der Waals surface area (Å²) in [6.45, 7) is 4.17. The summed E-state index contributed by atoms with van der Waals surface area (Å²) in [4.78, 5) is 24.2. The molecule has 116 valence electrons. The highest BCUT2D eigenvalue weighted by atomic mass is 17.3. The van der Waals surface area contributed by atoms with Gasteiger partial charge in [0.05, 0.1) is 5.41 Å². The van der Waals surface area contributed by atoms with Gasteiger partial charge in [-0.3, -0.25) is 4.79 Å². The zero-order valence-corrected chi connectivity index (χ0v) is 12.6. The van der Waals surface area contributed by atoms with E-state index in [0.29, 0.717) is 11.8 Å². The van der Waals surface area contributed by atoms with Crippen molar-refractivity contribution in [2.45, 2.75) is 70.1 Å². The Balaban J connectivity index is 1.68. The molecule has 4 aliphatic heterocycles. The number of esters is 1. The van der Waals surface area contributed by atoms with Crippen LogP contribution >= 0.6 is 0 Å². The highest BCUT2D eigenvalue weighted by Gasteiger charge is 2.77. The van der Waals surface area contributed by atoms with Gasteiger partial charge in [-0.25, -0.2) is 9.78 Å². The van der Waals surface area contributed by atoms with E-state index < -0.39 is 17.7 Å². The van der Waals surface area contributed by atoms with Gasteiger partial charge < -0.3 is 9.47 Å². The maximum atomic E-state index is 12.5. The first-order valence-electron chi connectivity index (χ1n) is 8.26. The van der Waals surface area contributed by atoms with Crippen molar-refractivity contribution in [2.24, 2.45) is 23.2 Å². The van der Waals surface area contributed by atoms with Crippen molar-refractivity contribution in [3.8, 4) is 0 Å². The summed E-state index contributed by atoms with van der Waals surface area (Å²) in [7, 11) is 0. The minimum absolute atomic E-state index is 0.0730. The van der Waals surface area contributed by atoms with E-state index in [1.54, 1.807) is 0 Å². The summed E-state index contributed by atoms with van der Waals surface area (Å²) >= 11 is 0. The lowest BCUT2D eigenvalue weighted by molar-refractivity contribution is -0.560. The Morgan fingerprint density at radius 3 is 2.67 bits per heavy atom. The monoisotopic (exact) mass is 294 g/mol. The summed E-state index contributed by atoms with van der Waals surface area (Å²) in [5.41, 5.74) is -0.905. The molecule has 6 fully saturated rings. The predicted molar refractivity (Wildman–Crippen MR) is 70.6 cm³/mol. The molecule has 0 radical (unpaired) electrons. The predicted octanol–water partition coefficient (Wildman–Crippen LogP) is 2.54. The summed E-state index contributed by atoms with van der Waals surface area (Å²) in [6, 6.07) is 0. The molecular weight excluding hydrogens is 272 g/mol. The second-order valence-corrected chi connectivity index (χ2v) is 7.92. The average molecular weight is 294 g/mol. The molecule has 0 N–H and O–H groups in total. The van der Waals surface area contributed by atoms with E-state index in [4.69, 9.17) is 19.2 Å². The number of carbonyl (C=O) groups is 1. The fraction of sp³-hybridized carbons (Fsp3) is 0.938. The molecule has 6 aliphatic rings. The zero-order valence-electron chi connectivity index (χ0n) is 12.6. The Kier molecular flexibility index (Phi) is 2.22. The van der Waals surface area contributed by atoms with E-state index in [-0.39, 0.29) is 17.3 Å². The largest absolute Gasteiger partial charge is 0.432 e. The van der Waals surface area contributed by atoms with E-state index in [2.05, 4.69) is 6.92 Å². The van der Waals surface area contributed by atoms with Gasteiger partial charge in [0.15, 0.2) is 5.60 Å². The maximum absolute atomic E-state index is 12.5. The summed E-state index contributed by atoms with van der Waals surface area (Å²) < 4.78 is 11.8. The highest BCUT2D eigenvalue weighted by Crippen LogP contribution is 2.69. The van der Waals surface area contributed by atoms with Crippen LogP contribution in [-0.2, 0) is 24.0 Å². The molecule has 0 aromatic heterocycles. The second kappa shape index (κ2) is 3.63. The highest BCUT2D eigenvalue weighted by molar-refractivity contribution is 5.82. The second-order valence-electron chi connectivity index (χ2n) is 7.92. The minimum Gasteiger partial charge on any atom is -0.432 e. The molecule has 4 saturated heterocycles. The third kappa shape index (κ3) is 1.36. The Labute approximate surface area is 124 Å². The number of hydrogen-bond donors (Lipinski definition) is 0. The molecule has 5 heteroatoms. The van der Waals surface area contributed by atoms with Gasteiger partial charge in [0.2, 0.25) is 12.1 Å². The van der Waals surface area contributed by atoms with Crippen molar-refractivity contribution >= 4 is 5.97 Å². The topological polar surface area (TPSA) is 54.0 Å². The number of ether oxygens (including phenoxy) is 2. The van der Waals surface area contributed by atoms with Gasteiger partial charge in [-0.15, -0.1) is 0 Å². The fourth-order valence-corrected chi connectivity index (χ4v) is 5.45. The molecule has 21 heavy (non-hydrogen) atoms. The van der Waals surface area contributed by atoms with E-state index in [1.165, 1.54) is 0 Å². The van der Waals surface area contributed by atoms with Crippen LogP contribution in [0.4, 0.5) is 0 Å². The van der Waals surface area contributed by atoms with Crippen LogP contribution in [0.2, 0.25) is 0 Å². The smallest absolute Gasteiger partial charge is 0.314 e. The lowest BCUT2D eigenvalue weighted by Crippen LogP contribution is -2.70. The first-order valence-corrected chi connectivity index (χ1v) is 8.26. The zero-order chi connectivity index (χ0) is 14.5. The summed E-state index contributed by atoms with van der Waals surface area (Å²) in [5, 5.41) is 0. The molecule has 4 heterocycles. The van der Waals surface area contributed by atoms with Crippen LogP contribution in [0.25, 0.3) is 0 Å². The molecule has 2 bridgehead atoms. The molecule has 2 saturated carbocycles. The molecule has 0 amide bonds. The molecule has 2 aliphatic carbocycles. The Morgan fingerprint density at radius 2 is 1.90 bits per heavy atom. The van der Waals surface area contributed by atoms with Gasteiger partial charge in [-0.1, -0.05) is 6.92 Å². The molecule has 6 atom stereocenters. The Morgan fingerprint density at radius 1 is 1.10 bits per heavy atom. The van der Waals surface area contributed by atoms with Gasteiger partial charge in [0, 0.05) is 18.3 Å². The lowest BCUT2D eigenvalue weighted by Gasteiger charge is -2.58. The van der Waals surface area contributed by atoms with Crippen molar-refractivity contribution in [2.75, 3.05) is 0 Å². The maximum Gasteiger partial charge on any atom is 0.314 e. The van der Waals surface area contributed by atoms with Gasteiger partial charge in [-0.2, -0.15) is 0 Å². The third-order valence-corrected chi connectivity index (χ3v) is 6.79. The van der Waals surface area contributed by atoms with E-state index in [1.807, 2.05) is 6.92 Å². The van der Waals surface area contributed by atoms with Crippen LogP contribution in [-0.4, -0.2) is 23.6 Å². The summed E-state index contributed by atoms with van der Waals surface area (Å²) in [6.07, 6.45) is 5.20. The van der Waals surface area contributed by atoms with Crippen LogP contribution in [0, 0.1) is 23.2 Å². The molecular formula is C16H22O5. The first-order chi connectivity index (χ1) is 10.0. The number of carbonyl (C=O) groups excluding carboxylic acids is 1. The fourth-order valence-electron chi connectivity index (χ4n) is 5.45. The quantitative estimate of drug-likeness (QED) is 0.507. The number of hydrogen-bond acceptors (Lipinski definition) is 5. The van der Waals surface area contributed by atoms with Crippen molar-refractivity contribution < 1.29 is 24.0 Å². The van der Waals surface area contributed by atoms with Crippen LogP contribution in [0.1, 0.15) is 52.4 Å². The normalized spacial score (nSPS) is 56.6. The van der Waals surface area contributed by atoms with Crippen LogP contribution < -0.4 is 0 Å². The average Bonchev–Trinajstić information content (AvgIpc) is 3.24. The van der Waals surface area contributed by atoms with E-state index in [9.17, 15) is 4.79 Å². The standard InChI is InChI=1S/C16H22O5/c1-9-3-4-11-15(7-8-15)12(17)18-13-16(11)10(9)5-6-14(2,19-13)20-21-16/h9-11,13H,3-8H2,1-2H3/t9-,10+,11+,13-,14-,16-/m1/s1. The van der Waals surface area contributed by atoms with E-state index >= 15 is 0 Å². The molecule has 0 aromatic carbocycles. The van der Waals surface area contributed by atoms with Crippen LogP contribution in [0.3, 0.4) is 0 Å².